The van der Waals surface area contributed by atoms with Gasteiger partial charge in [-0.05, 0) is 31.5 Å². The fourth-order valence-corrected chi connectivity index (χ4v) is 2.62. The molecule has 2 rings (SSSR count). The molecule has 2 N–H and O–H groups in total. The first-order valence-corrected chi connectivity index (χ1v) is 7.05. The Labute approximate surface area is 126 Å². The van der Waals surface area contributed by atoms with Crippen LogP contribution in [0.4, 0.5) is 13.6 Å². The number of hydrogen-bond donors (Lipinski definition) is 2. The Kier molecular flexibility index (Phi) is 4.46. The van der Waals surface area contributed by atoms with E-state index in [1.807, 2.05) is 6.92 Å². The van der Waals surface area contributed by atoms with Crippen molar-refractivity contribution in [2.24, 2.45) is 0 Å². The first kappa shape index (κ1) is 16.4. The number of hydrogen-bond acceptors (Lipinski definition) is 3. The molecule has 22 heavy (non-hydrogen) atoms. The highest BCUT2D eigenvalue weighted by Crippen LogP contribution is 2.26. The Balaban J connectivity index is 2.18. The van der Waals surface area contributed by atoms with Gasteiger partial charge in [0, 0.05) is 5.56 Å². The van der Waals surface area contributed by atoms with Crippen LogP contribution in [0.3, 0.4) is 0 Å². The van der Waals surface area contributed by atoms with Crippen molar-refractivity contribution in [3.8, 4) is 0 Å². The minimum Gasteiger partial charge on any atom is -0.386 e. The summed E-state index contributed by atoms with van der Waals surface area (Å²) in [6, 6.07) is 2.03. The van der Waals surface area contributed by atoms with Gasteiger partial charge in [-0.25, -0.2) is 13.6 Å². The Hall–Kier alpha value is -2.02. The zero-order valence-corrected chi connectivity index (χ0v) is 12.4. The summed E-state index contributed by atoms with van der Waals surface area (Å²) >= 11 is 0. The third kappa shape index (κ3) is 2.94. The summed E-state index contributed by atoms with van der Waals surface area (Å²) in [6.07, 6.45) is -0.343. The van der Waals surface area contributed by atoms with Gasteiger partial charge < -0.3 is 10.4 Å². The number of aliphatic hydroxyl groups excluding tert-OH is 1. The van der Waals surface area contributed by atoms with Gasteiger partial charge in [0.05, 0.1) is 6.54 Å². The smallest absolute Gasteiger partial charge is 0.325 e. The van der Waals surface area contributed by atoms with Crippen LogP contribution in [-0.2, 0) is 4.79 Å². The van der Waals surface area contributed by atoms with Crippen LogP contribution in [0.1, 0.15) is 38.4 Å². The molecular formula is C15H18F2N2O3. The van der Waals surface area contributed by atoms with Gasteiger partial charge in [0.25, 0.3) is 5.91 Å². The molecule has 0 bridgehead atoms. The largest absolute Gasteiger partial charge is 0.386 e. The molecule has 0 radical (unpaired) electrons. The zero-order valence-electron chi connectivity index (χ0n) is 12.4. The molecule has 0 aromatic heterocycles. The highest BCUT2D eigenvalue weighted by Gasteiger charge is 2.47. The van der Waals surface area contributed by atoms with Crippen molar-refractivity contribution in [2.45, 2.75) is 38.3 Å². The van der Waals surface area contributed by atoms with Gasteiger partial charge in [-0.3, -0.25) is 9.69 Å². The summed E-state index contributed by atoms with van der Waals surface area (Å²) in [4.78, 5) is 25.1. The minimum atomic E-state index is -1.49. The van der Waals surface area contributed by atoms with Crippen LogP contribution in [0, 0.1) is 11.6 Å². The van der Waals surface area contributed by atoms with Crippen LogP contribution in [0.25, 0.3) is 0 Å². The molecule has 3 amide bonds. The number of rotatable bonds is 5. The van der Waals surface area contributed by atoms with Gasteiger partial charge in [0.2, 0.25) is 0 Å². The van der Waals surface area contributed by atoms with Gasteiger partial charge in [-0.1, -0.05) is 13.3 Å². The van der Waals surface area contributed by atoms with Gasteiger partial charge in [-0.2, -0.15) is 0 Å². The van der Waals surface area contributed by atoms with E-state index >= 15 is 0 Å². The minimum absolute atomic E-state index is 0.287. The number of benzene rings is 1. The lowest BCUT2D eigenvalue weighted by atomic mass is 9.96. The third-order valence-electron chi connectivity index (χ3n) is 3.77. The van der Waals surface area contributed by atoms with E-state index < -0.39 is 41.8 Å². The number of amides is 3. The molecule has 1 fully saturated rings. The SMILES string of the molecule is CCC[C@@]1(C)NC(=O)N(C[C@@H](O)c2cc(F)ccc2F)C1=O. The lowest BCUT2D eigenvalue weighted by molar-refractivity contribution is -0.132. The fourth-order valence-electron chi connectivity index (χ4n) is 2.62. The first-order valence-electron chi connectivity index (χ1n) is 7.05. The summed E-state index contributed by atoms with van der Waals surface area (Å²) in [6.45, 7) is 3.06. The second-order valence-electron chi connectivity index (χ2n) is 5.61. The number of β-amino-alcohol motifs (C(OH)–C–C–N with tert-alkyl or cyclic N) is 1. The van der Waals surface area contributed by atoms with E-state index in [0.717, 1.165) is 23.1 Å². The molecule has 1 aromatic carbocycles. The van der Waals surface area contributed by atoms with Crippen molar-refractivity contribution in [3.63, 3.8) is 0 Å². The average molecular weight is 312 g/mol. The van der Waals surface area contributed by atoms with Crippen molar-refractivity contribution in [3.05, 3.63) is 35.4 Å². The maximum Gasteiger partial charge on any atom is 0.325 e. The molecule has 2 atom stereocenters. The molecule has 120 valence electrons. The Bertz CT molecular complexity index is 608. The topological polar surface area (TPSA) is 69.6 Å². The zero-order chi connectivity index (χ0) is 16.5. The quantitative estimate of drug-likeness (QED) is 0.818. The molecule has 7 heteroatoms. The summed E-state index contributed by atoms with van der Waals surface area (Å²) in [5, 5.41) is 12.6. The van der Waals surface area contributed by atoms with Gasteiger partial charge in [0.1, 0.15) is 23.3 Å². The third-order valence-corrected chi connectivity index (χ3v) is 3.77. The number of imide groups is 1. The van der Waals surface area contributed by atoms with E-state index in [1.54, 1.807) is 6.92 Å². The van der Waals surface area contributed by atoms with Crippen molar-refractivity contribution >= 4 is 11.9 Å². The number of nitrogens with zero attached hydrogens (tertiary/aromatic N) is 1. The molecule has 0 spiro atoms. The molecule has 1 saturated heterocycles. The number of carbonyl (C=O) groups excluding carboxylic acids is 2. The highest BCUT2D eigenvalue weighted by molar-refractivity contribution is 6.06. The monoisotopic (exact) mass is 312 g/mol. The second-order valence-corrected chi connectivity index (χ2v) is 5.61. The summed E-state index contributed by atoms with van der Waals surface area (Å²) in [7, 11) is 0. The molecular weight excluding hydrogens is 294 g/mol. The van der Waals surface area contributed by atoms with Crippen molar-refractivity contribution < 1.29 is 23.5 Å². The summed E-state index contributed by atoms with van der Waals surface area (Å²) < 4.78 is 26.8. The molecule has 1 aliphatic rings. The molecule has 1 aromatic rings. The van der Waals surface area contributed by atoms with Gasteiger partial charge >= 0.3 is 6.03 Å². The van der Waals surface area contributed by atoms with Crippen LogP contribution in [0.5, 0.6) is 0 Å². The number of aliphatic hydroxyl groups is 1. The van der Waals surface area contributed by atoms with E-state index in [-0.39, 0.29) is 5.56 Å². The van der Waals surface area contributed by atoms with E-state index in [4.69, 9.17) is 0 Å². The van der Waals surface area contributed by atoms with Gasteiger partial charge in [-0.15, -0.1) is 0 Å². The predicted octanol–water partition coefficient (Wildman–Crippen LogP) is 2.11. The molecule has 5 nitrogen and oxygen atoms in total. The van der Waals surface area contributed by atoms with Crippen molar-refractivity contribution in [2.75, 3.05) is 6.54 Å². The first-order chi connectivity index (χ1) is 10.3. The van der Waals surface area contributed by atoms with Crippen molar-refractivity contribution in [1.29, 1.82) is 0 Å². The second kappa shape index (κ2) is 6.00. The van der Waals surface area contributed by atoms with E-state index in [9.17, 15) is 23.5 Å². The lowest BCUT2D eigenvalue weighted by Crippen LogP contribution is -2.44. The highest BCUT2D eigenvalue weighted by atomic mass is 19.1. The number of urea groups is 1. The number of carbonyl (C=O) groups is 2. The number of halogens is 2. The molecule has 1 heterocycles. The Morgan fingerprint density at radius 1 is 1.36 bits per heavy atom. The van der Waals surface area contributed by atoms with Crippen LogP contribution >= 0.6 is 0 Å². The predicted molar refractivity (Wildman–Crippen MR) is 74.9 cm³/mol. The van der Waals surface area contributed by atoms with E-state index in [0.29, 0.717) is 12.8 Å². The molecule has 0 saturated carbocycles. The van der Waals surface area contributed by atoms with Crippen LogP contribution in [0.15, 0.2) is 18.2 Å². The van der Waals surface area contributed by atoms with Crippen LogP contribution < -0.4 is 5.32 Å². The lowest BCUT2D eigenvalue weighted by Gasteiger charge is -2.22. The van der Waals surface area contributed by atoms with E-state index in [1.165, 1.54) is 0 Å². The average Bonchev–Trinajstić information content (AvgIpc) is 2.65. The standard InChI is InChI=1S/C15H18F2N2O3/c1-3-6-15(2)13(21)19(14(22)18-15)8-12(20)10-7-9(16)4-5-11(10)17/h4-5,7,12,20H,3,6,8H2,1-2H3,(H,18,22)/t12-,15-/m1/s1. The maximum absolute atomic E-state index is 13.6. The van der Waals surface area contributed by atoms with Crippen LogP contribution in [0.2, 0.25) is 0 Å². The Morgan fingerprint density at radius 2 is 2.05 bits per heavy atom. The van der Waals surface area contributed by atoms with Gasteiger partial charge in [0.15, 0.2) is 0 Å². The molecule has 0 aliphatic carbocycles. The number of nitrogens with one attached hydrogen (secondary N) is 1. The Morgan fingerprint density at radius 3 is 2.68 bits per heavy atom. The van der Waals surface area contributed by atoms with Crippen molar-refractivity contribution in [1.82, 2.24) is 10.2 Å². The van der Waals surface area contributed by atoms with E-state index in [2.05, 4.69) is 5.32 Å². The fraction of sp³-hybridized carbons (Fsp3) is 0.467. The normalized spacial score (nSPS) is 22.9. The summed E-state index contributed by atoms with van der Waals surface area (Å²) in [5.74, 6) is -1.98. The molecule has 0 unspecified atom stereocenters. The van der Waals surface area contributed by atoms with Crippen LogP contribution in [-0.4, -0.2) is 34.0 Å². The molecule has 1 aliphatic heterocycles. The summed E-state index contributed by atoms with van der Waals surface area (Å²) in [5.41, 5.74) is -1.31. The maximum atomic E-state index is 13.6.